The van der Waals surface area contributed by atoms with E-state index in [2.05, 4.69) is 58.8 Å². The zero-order valence-corrected chi connectivity index (χ0v) is 22.1. The average molecular weight is 458 g/mol. The summed E-state index contributed by atoms with van der Waals surface area (Å²) in [7, 11) is -1.96. The van der Waals surface area contributed by atoms with Gasteiger partial charge in [0.05, 0.1) is 16.8 Å². The molecule has 1 aromatic heterocycles. The van der Waals surface area contributed by atoms with E-state index in [0.29, 0.717) is 5.92 Å². The largest absolute Gasteiger partial charge is 0.409 e. The highest BCUT2D eigenvalue weighted by atomic mass is 35.5. The van der Waals surface area contributed by atoms with Crippen molar-refractivity contribution >= 4 is 37.3 Å². The van der Waals surface area contributed by atoms with Crippen molar-refractivity contribution in [1.29, 1.82) is 0 Å². The molecule has 1 heterocycles. The van der Waals surface area contributed by atoms with Gasteiger partial charge in [-0.2, -0.15) is 0 Å². The predicted octanol–water partition coefficient (Wildman–Crippen LogP) is 7.56. The van der Waals surface area contributed by atoms with Crippen molar-refractivity contribution in [2.75, 3.05) is 6.61 Å². The van der Waals surface area contributed by atoms with Crippen molar-refractivity contribution < 1.29 is 9.53 Å². The van der Waals surface area contributed by atoms with E-state index in [1.165, 1.54) is 5.57 Å². The summed E-state index contributed by atoms with van der Waals surface area (Å²) in [5.41, 5.74) is 2.26. The Balaban J connectivity index is 2.92. The third-order valence-electron chi connectivity index (χ3n) is 5.73. The fraction of sp³-hybridized carbons (Fsp3) is 0.696. The van der Waals surface area contributed by atoms with Gasteiger partial charge in [-0.15, -0.1) is 11.3 Å². The standard InChI is InChI=1S/C23H40ClNO2SSi/c1-17(10-9-11-18(2)15-26)12-13-22(27-29(7,8)23(4,5)6)21(24)14-20-16-28-19(3)25-20/h12,14,16,18,22,26H,9-11,13,15H2,1-8H3/t18-,22-/m0/s1. The number of aryl methyl sites for hydroxylation is 1. The Morgan fingerprint density at radius 3 is 2.55 bits per heavy atom. The number of aliphatic hydroxyl groups is 1. The molecule has 3 nitrogen and oxygen atoms in total. The summed E-state index contributed by atoms with van der Waals surface area (Å²) in [6.45, 7) is 17.8. The van der Waals surface area contributed by atoms with Gasteiger partial charge < -0.3 is 9.53 Å². The number of rotatable bonds is 11. The van der Waals surface area contributed by atoms with E-state index in [-0.39, 0.29) is 17.7 Å². The summed E-state index contributed by atoms with van der Waals surface area (Å²) < 4.78 is 6.69. The predicted molar refractivity (Wildman–Crippen MR) is 131 cm³/mol. The SMILES string of the molecule is CC(=CC[C@H](O[Si](C)(C)C(C)(C)C)C(Cl)=Cc1csc(C)n1)CCC[C@H](C)CO. The summed E-state index contributed by atoms with van der Waals surface area (Å²) in [6, 6.07) is 0. The first-order valence-corrected chi connectivity index (χ1v) is 14.8. The zero-order chi connectivity index (χ0) is 22.2. The molecule has 1 rings (SSSR count). The summed E-state index contributed by atoms with van der Waals surface area (Å²) in [6.07, 6.45) is 8.04. The number of hydrogen-bond donors (Lipinski definition) is 1. The van der Waals surface area contributed by atoms with E-state index >= 15 is 0 Å². The van der Waals surface area contributed by atoms with Gasteiger partial charge in [-0.1, -0.05) is 50.9 Å². The van der Waals surface area contributed by atoms with Crippen LogP contribution in [0.25, 0.3) is 6.08 Å². The Bertz CT molecular complexity index is 691. The van der Waals surface area contributed by atoms with E-state index in [1.807, 2.05) is 18.4 Å². The van der Waals surface area contributed by atoms with E-state index in [1.54, 1.807) is 11.3 Å². The number of hydrogen-bond acceptors (Lipinski definition) is 4. The molecule has 0 unspecified atom stereocenters. The van der Waals surface area contributed by atoms with Crippen LogP contribution in [0.5, 0.6) is 0 Å². The quantitative estimate of drug-likeness (QED) is 0.275. The van der Waals surface area contributed by atoms with Crippen molar-refractivity contribution in [1.82, 2.24) is 4.98 Å². The molecule has 0 aliphatic carbocycles. The van der Waals surface area contributed by atoms with Gasteiger partial charge in [0.1, 0.15) is 0 Å². The number of thiazole rings is 1. The first-order chi connectivity index (χ1) is 13.4. The Kier molecular flexibility index (Phi) is 10.8. The van der Waals surface area contributed by atoms with Crippen LogP contribution in [0.3, 0.4) is 0 Å². The maximum Gasteiger partial charge on any atom is 0.192 e. The number of aromatic nitrogens is 1. The van der Waals surface area contributed by atoms with Crippen molar-refractivity contribution in [2.24, 2.45) is 5.92 Å². The Hall–Kier alpha value is -0.463. The molecule has 2 atom stereocenters. The minimum absolute atomic E-state index is 0.124. The highest BCUT2D eigenvalue weighted by Gasteiger charge is 2.39. The second kappa shape index (κ2) is 11.8. The van der Waals surface area contributed by atoms with E-state index in [4.69, 9.17) is 16.0 Å². The van der Waals surface area contributed by atoms with Gasteiger partial charge in [0.25, 0.3) is 0 Å². The molecule has 0 aliphatic rings. The maximum absolute atomic E-state index is 9.18. The molecule has 0 saturated carbocycles. The van der Waals surface area contributed by atoms with E-state index in [9.17, 15) is 5.11 Å². The lowest BCUT2D eigenvalue weighted by Gasteiger charge is -2.39. The minimum atomic E-state index is -1.96. The highest BCUT2D eigenvalue weighted by molar-refractivity contribution is 7.09. The second-order valence-electron chi connectivity index (χ2n) is 9.65. The molecule has 0 amide bonds. The third-order valence-corrected chi connectivity index (χ3v) is 11.4. The van der Waals surface area contributed by atoms with Gasteiger partial charge in [0.2, 0.25) is 0 Å². The summed E-state index contributed by atoms with van der Waals surface area (Å²) in [4.78, 5) is 4.52. The van der Waals surface area contributed by atoms with Crippen LogP contribution in [-0.2, 0) is 4.43 Å². The topological polar surface area (TPSA) is 42.4 Å². The molecule has 1 aromatic rings. The molecule has 0 spiro atoms. The van der Waals surface area contributed by atoms with Crippen LogP contribution in [0.4, 0.5) is 0 Å². The Labute approximate surface area is 188 Å². The number of halogens is 1. The molecular formula is C23H40ClNO2SSi. The molecule has 6 heteroatoms. The van der Waals surface area contributed by atoms with Crippen LogP contribution in [0.15, 0.2) is 22.1 Å². The van der Waals surface area contributed by atoms with Gasteiger partial charge >= 0.3 is 0 Å². The first kappa shape index (κ1) is 26.6. The number of nitrogens with zero attached hydrogens (tertiary/aromatic N) is 1. The van der Waals surface area contributed by atoms with Crippen LogP contribution in [0.1, 0.15) is 71.0 Å². The molecule has 1 N–H and O–H groups in total. The second-order valence-corrected chi connectivity index (χ2v) is 15.9. The van der Waals surface area contributed by atoms with Crippen LogP contribution >= 0.6 is 22.9 Å². The van der Waals surface area contributed by atoms with Gasteiger partial charge in [-0.25, -0.2) is 4.98 Å². The molecule has 0 saturated heterocycles. The Morgan fingerprint density at radius 2 is 2.03 bits per heavy atom. The zero-order valence-electron chi connectivity index (χ0n) is 19.5. The Morgan fingerprint density at radius 1 is 1.38 bits per heavy atom. The fourth-order valence-electron chi connectivity index (χ4n) is 2.66. The van der Waals surface area contributed by atoms with Gasteiger partial charge in [0, 0.05) is 17.0 Å². The fourth-order valence-corrected chi connectivity index (χ4v) is 4.84. The smallest absolute Gasteiger partial charge is 0.192 e. The summed E-state index contributed by atoms with van der Waals surface area (Å²) >= 11 is 8.39. The first-order valence-electron chi connectivity index (χ1n) is 10.6. The third kappa shape index (κ3) is 9.47. The molecule has 0 radical (unpaired) electrons. The molecule has 166 valence electrons. The van der Waals surface area contributed by atoms with E-state index < -0.39 is 8.32 Å². The lowest BCUT2D eigenvalue weighted by molar-refractivity contribution is 0.224. The van der Waals surface area contributed by atoms with Crippen LogP contribution < -0.4 is 0 Å². The molecule has 0 aliphatic heterocycles. The van der Waals surface area contributed by atoms with Crippen molar-refractivity contribution in [2.45, 2.75) is 91.5 Å². The maximum atomic E-state index is 9.18. The molecule has 0 fully saturated rings. The average Bonchev–Trinajstić information content (AvgIpc) is 3.01. The van der Waals surface area contributed by atoms with Crippen LogP contribution in [-0.4, -0.2) is 31.1 Å². The highest BCUT2D eigenvalue weighted by Crippen LogP contribution is 2.39. The summed E-state index contributed by atoms with van der Waals surface area (Å²) in [5.74, 6) is 0.372. The van der Waals surface area contributed by atoms with Crippen molar-refractivity contribution in [3.63, 3.8) is 0 Å². The van der Waals surface area contributed by atoms with Crippen molar-refractivity contribution in [3.8, 4) is 0 Å². The van der Waals surface area contributed by atoms with Gasteiger partial charge in [0.15, 0.2) is 8.32 Å². The minimum Gasteiger partial charge on any atom is -0.409 e. The van der Waals surface area contributed by atoms with Crippen LogP contribution in [0.2, 0.25) is 18.1 Å². The normalized spacial score (nSPS) is 16.2. The monoisotopic (exact) mass is 457 g/mol. The number of allylic oxidation sites excluding steroid dienone is 1. The molecular weight excluding hydrogens is 418 g/mol. The van der Waals surface area contributed by atoms with Crippen molar-refractivity contribution in [3.05, 3.63) is 32.8 Å². The molecule has 0 bridgehead atoms. The lowest BCUT2D eigenvalue weighted by atomic mass is 10.0. The number of aliphatic hydroxyl groups excluding tert-OH is 1. The molecule has 0 aromatic carbocycles. The summed E-state index contributed by atoms with van der Waals surface area (Å²) in [5, 5.41) is 13.1. The molecule has 29 heavy (non-hydrogen) atoms. The van der Waals surface area contributed by atoms with Crippen LogP contribution in [0, 0.1) is 12.8 Å². The van der Waals surface area contributed by atoms with E-state index in [0.717, 1.165) is 41.4 Å². The van der Waals surface area contributed by atoms with Gasteiger partial charge in [-0.3, -0.25) is 0 Å². The van der Waals surface area contributed by atoms with Gasteiger partial charge in [-0.05, 0) is 69.7 Å². The lowest BCUT2D eigenvalue weighted by Crippen LogP contribution is -2.44.